The number of thiophene rings is 1. The molecular weight excluding hydrogens is 266 g/mol. The molecule has 0 aliphatic rings. The van der Waals surface area contributed by atoms with Crippen LogP contribution in [0.3, 0.4) is 0 Å². The zero-order valence-electron chi connectivity index (χ0n) is 12.3. The summed E-state index contributed by atoms with van der Waals surface area (Å²) >= 11 is 1.73. The Hall–Kier alpha value is -1.32. The first-order valence-electron chi connectivity index (χ1n) is 7.27. The number of ether oxygens (including phenoxy) is 1. The fourth-order valence-electron chi connectivity index (χ4n) is 2.05. The van der Waals surface area contributed by atoms with Gasteiger partial charge in [0.15, 0.2) is 0 Å². The number of benzene rings is 1. The van der Waals surface area contributed by atoms with E-state index in [4.69, 9.17) is 4.74 Å². The average molecular weight is 289 g/mol. The molecule has 3 heteroatoms. The van der Waals surface area contributed by atoms with E-state index in [9.17, 15) is 0 Å². The molecule has 1 N–H and O–H groups in total. The second-order valence-corrected chi connectivity index (χ2v) is 5.75. The van der Waals surface area contributed by atoms with Gasteiger partial charge in [0.2, 0.25) is 0 Å². The van der Waals surface area contributed by atoms with Gasteiger partial charge in [0.25, 0.3) is 0 Å². The second kappa shape index (κ2) is 8.08. The maximum absolute atomic E-state index is 5.78. The molecule has 1 aromatic heterocycles. The molecule has 0 bridgehead atoms. The summed E-state index contributed by atoms with van der Waals surface area (Å²) < 4.78 is 5.78. The first-order valence-corrected chi connectivity index (χ1v) is 8.21. The molecule has 0 radical (unpaired) electrons. The van der Waals surface area contributed by atoms with Crippen molar-refractivity contribution in [1.82, 2.24) is 5.32 Å². The Morgan fingerprint density at radius 3 is 2.65 bits per heavy atom. The summed E-state index contributed by atoms with van der Waals surface area (Å²) in [5.74, 6) is 0.951. The quantitative estimate of drug-likeness (QED) is 0.776. The number of rotatable bonds is 8. The van der Waals surface area contributed by atoms with E-state index in [-0.39, 0.29) is 0 Å². The Balaban J connectivity index is 1.79. The second-order valence-electron chi connectivity index (χ2n) is 4.97. The molecule has 1 heterocycles. The molecule has 108 valence electrons. The van der Waals surface area contributed by atoms with Crippen LogP contribution in [0.4, 0.5) is 0 Å². The monoisotopic (exact) mass is 289 g/mol. The number of hydrogen-bond donors (Lipinski definition) is 1. The Morgan fingerprint density at radius 2 is 2.00 bits per heavy atom. The molecule has 0 spiro atoms. The van der Waals surface area contributed by atoms with Gasteiger partial charge in [-0.15, -0.1) is 0 Å². The van der Waals surface area contributed by atoms with Gasteiger partial charge in [-0.2, -0.15) is 11.3 Å². The van der Waals surface area contributed by atoms with Crippen LogP contribution in [0.25, 0.3) is 0 Å². The highest BCUT2D eigenvalue weighted by Gasteiger charge is 2.04. The highest BCUT2D eigenvalue weighted by Crippen LogP contribution is 2.18. The fraction of sp³-hybridized carbons (Fsp3) is 0.412. The van der Waals surface area contributed by atoms with Crippen LogP contribution in [-0.2, 0) is 6.42 Å². The van der Waals surface area contributed by atoms with Crippen molar-refractivity contribution in [3.8, 4) is 5.75 Å². The molecule has 0 aliphatic carbocycles. The summed E-state index contributed by atoms with van der Waals surface area (Å²) in [6.45, 7) is 6.17. The van der Waals surface area contributed by atoms with Crippen LogP contribution in [0.1, 0.15) is 37.4 Å². The topological polar surface area (TPSA) is 21.3 Å². The molecule has 0 saturated heterocycles. The fourth-order valence-corrected chi connectivity index (χ4v) is 2.76. The van der Waals surface area contributed by atoms with Gasteiger partial charge in [0.1, 0.15) is 5.75 Å². The van der Waals surface area contributed by atoms with Crippen molar-refractivity contribution in [2.24, 2.45) is 0 Å². The summed E-state index contributed by atoms with van der Waals surface area (Å²) in [5, 5.41) is 7.77. The molecule has 20 heavy (non-hydrogen) atoms. The van der Waals surface area contributed by atoms with E-state index < -0.39 is 0 Å². The van der Waals surface area contributed by atoms with Crippen molar-refractivity contribution < 1.29 is 4.74 Å². The van der Waals surface area contributed by atoms with E-state index in [1.165, 1.54) is 11.1 Å². The van der Waals surface area contributed by atoms with Crippen molar-refractivity contribution in [3.63, 3.8) is 0 Å². The minimum Gasteiger partial charge on any atom is -0.493 e. The molecule has 2 nitrogen and oxygen atoms in total. The highest BCUT2D eigenvalue weighted by atomic mass is 32.1. The molecular formula is C17H23NOS. The van der Waals surface area contributed by atoms with Gasteiger partial charge in [-0.3, -0.25) is 0 Å². The normalized spacial score (nSPS) is 12.3. The zero-order valence-corrected chi connectivity index (χ0v) is 13.1. The van der Waals surface area contributed by atoms with Crippen molar-refractivity contribution >= 4 is 11.3 Å². The summed E-state index contributed by atoms with van der Waals surface area (Å²) in [6, 6.07) is 11.0. The van der Waals surface area contributed by atoms with E-state index in [0.717, 1.165) is 31.7 Å². The maximum Gasteiger partial charge on any atom is 0.119 e. The standard InChI is InChI=1S/C17H23NOS/c1-3-10-18-14(2)16-4-6-17(7-5-16)19-11-8-15-9-12-20-13-15/h4-7,9,12-14,18H,3,8,10-11H2,1-2H3. The van der Waals surface area contributed by atoms with Crippen LogP contribution in [0.2, 0.25) is 0 Å². The third-order valence-corrected chi connectivity index (χ3v) is 4.05. The van der Waals surface area contributed by atoms with Gasteiger partial charge in [0, 0.05) is 12.5 Å². The van der Waals surface area contributed by atoms with Crippen LogP contribution in [-0.4, -0.2) is 13.2 Å². The van der Waals surface area contributed by atoms with Crippen LogP contribution in [0, 0.1) is 0 Å². The molecule has 1 aromatic carbocycles. The summed E-state index contributed by atoms with van der Waals surface area (Å²) in [4.78, 5) is 0. The summed E-state index contributed by atoms with van der Waals surface area (Å²) in [6.07, 6.45) is 2.13. The van der Waals surface area contributed by atoms with Crippen molar-refractivity contribution in [1.29, 1.82) is 0 Å². The molecule has 1 unspecified atom stereocenters. The van der Waals surface area contributed by atoms with E-state index in [2.05, 4.69) is 60.3 Å². The van der Waals surface area contributed by atoms with Gasteiger partial charge in [-0.1, -0.05) is 19.1 Å². The predicted molar refractivity (Wildman–Crippen MR) is 86.7 cm³/mol. The lowest BCUT2D eigenvalue weighted by atomic mass is 10.1. The lowest BCUT2D eigenvalue weighted by Crippen LogP contribution is -2.19. The first kappa shape index (κ1) is 15.1. The Morgan fingerprint density at radius 1 is 1.20 bits per heavy atom. The summed E-state index contributed by atoms with van der Waals surface area (Å²) in [5.41, 5.74) is 2.66. The molecule has 0 amide bonds. The Kier molecular flexibility index (Phi) is 6.09. The highest BCUT2D eigenvalue weighted by molar-refractivity contribution is 7.07. The Labute approximate surface area is 125 Å². The molecule has 2 aromatic rings. The SMILES string of the molecule is CCCNC(C)c1ccc(OCCc2ccsc2)cc1. The van der Waals surface area contributed by atoms with Crippen molar-refractivity contribution in [2.75, 3.05) is 13.2 Å². The van der Waals surface area contributed by atoms with E-state index in [0.29, 0.717) is 6.04 Å². The van der Waals surface area contributed by atoms with Crippen LogP contribution in [0.15, 0.2) is 41.1 Å². The van der Waals surface area contributed by atoms with Gasteiger partial charge in [-0.25, -0.2) is 0 Å². The average Bonchev–Trinajstić information content (AvgIpc) is 2.99. The van der Waals surface area contributed by atoms with Crippen LogP contribution < -0.4 is 10.1 Å². The summed E-state index contributed by atoms with van der Waals surface area (Å²) in [7, 11) is 0. The van der Waals surface area contributed by atoms with Crippen molar-refractivity contribution in [3.05, 3.63) is 52.2 Å². The first-order chi connectivity index (χ1) is 9.79. The third kappa shape index (κ3) is 4.66. The molecule has 0 fully saturated rings. The third-order valence-electron chi connectivity index (χ3n) is 3.32. The zero-order chi connectivity index (χ0) is 14.2. The lowest BCUT2D eigenvalue weighted by Gasteiger charge is -2.14. The Bertz CT molecular complexity index is 478. The van der Waals surface area contributed by atoms with E-state index >= 15 is 0 Å². The van der Waals surface area contributed by atoms with E-state index in [1.54, 1.807) is 11.3 Å². The van der Waals surface area contributed by atoms with Gasteiger partial charge in [-0.05, 0) is 60.0 Å². The molecule has 0 aliphatic heterocycles. The van der Waals surface area contributed by atoms with Crippen LogP contribution in [0.5, 0.6) is 5.75 Å². The van der Waals surface area contributed by atoms with Gasteiger partial charge < -0.3 is 10.1 Å². The minimum atomic E-state index is 0.398. The van der Waals surface area contributed by atoms with Gasteiger partial charge >= 0.3 is 0 Å². The smallest absolute Gasteiger partial charge is 0.119 e. The van der Waals surface area contributed by atoms with Crippen molar-refractivity contribution in [2.45, 2.75) is 32.7 Å². The molecule has 0 saturated carbocycles. The van der Waals surface area contributed by atoms with Gasteiger partial charge in [0.05, 0.1) is 6.61 Å². The van der Waals surface area contributed by atoms with E-state index in [1.807, 2.05) is 0 Å². The number of hydrogen-bond acceptors (Lipinski definition) is 3. The molecule has 2 rings (SSSR count). The predicted octanol–water partition coefficient (Wildman–Crippen LogP) is 4.43. The lowest BCUT2D eigenvalue weighted by molar-refractivity contribution is 0.322. The maximum atomic E-state index is 5.78. The number of nitrogens with one attached hydrogen (secondary N) is 1. The van der Waals surface area contributed by atoms with Crippen LogP contribution >= 0.6 is 11.3 Å². The largest absolute Gasteiger partial charge is 0.493 e. The minimum absolute atomic E-state index is 0.398. The molecule has 1 atom stereocenters.